The van der Waals surface area contributed by atoms with Crippen molar-refractivity contribution >= 4 is 31.9 Å². The second kappa shape index (κ2) is 5.45. The molecule has 0 N–H and O–H groups in total. The van der Waals surface area contributed by atoms with Crippen LogP contribution in [0.4, 0.5) is 0 Å². The Morgan fingerprint density at radius 2 is 1.32 bits per heavy atom. The zero-order valence-electron chi connectivity index (χ0n) is 11.9. The molecule has 102 valence electrons. The first kappa shape index (κ1) is 14.9. The molecule has 1 aromatic heterocycles. The van der Waals surface area contributed by atoms with Gasteiger partial charge in [0.25, 0.3) is 0 Å². The van der Waals surface area contributed by atoms with Crippen LogP contribution in [0.3, 0.4) is 0 Å². The minimum atomic E-state index is 0.0943. The molecular weight excluding hydrogens is 368 g/mol. The average molecular weight is 386 g/mol. The lowest BCUT2D eigenvalue weighted by molar-refractivity contribution is 0.496. The van der Waals surface area contributed by atoms with E-state index in [1.165, 1.54) is 33.4 Å². The molecule has 3 heteroatoms. The van der Waals surface area contributed by atoms with Gasteiger partial charge in [-0.2, -0.15) is 0 Å². The van der Waals surface area contributed by atoms with Gasteiger partial charge in [-0.25, -0.2) is 0 Å². The summed E-state index contributed by atoms with van der Waals surface area (Å²) in [5.74, 6) is 0.931. The van der Waals surface area contributed by atoms with E-state index < -0.39 is 0 Å². The number of rotatable bonds is 2. The van der Waals surface area contributed by atoms with Crippen LogP contribution in [0, 0.1) is 34.6 Å². The standard InChI is InChI=1S/C16H18Br2O/c1-8-9(2)11(4)15(12(5)10(8)3)16(18)13-6-7-14(17)19-13/h6-7,16H,1-5H3. The highest BCUT2D eigenvalue weighted by Gasteiger charge is 2.22. The third kappa shape index (κ3) is 2.55. The molecule has 0 aliphatic carbocycles. The summed E-state index contributed by atoms with van der Waals surface area (Å²) >= 11 is 7.15. The Morgan fingerprint density at radius 3 is 1.74 bits per heavy atom. The van der Waals surface area contributed by atoms with Gasteiger partial charge < -0.3 is 4.42 Å². The molecule has 0 aliphatic heterocycles. The van der Waals surface area contributed by atoms with Gasteiger partial charge in [0.2, 0.25) is 0 Å². The van der Waals surface area contributed by atoms with Gasteiger partial charge in [-0.15, -0.1) is 0 Å². The van der Waals surface area contributed by atoms with E-state index in [1.807, 2.05) is 12.1 Å². The first-order chi connectivity index (χ1) is 8.84. The Kier molecular flexibility index (Phi) is 4.26. The quantitative estimate of drug-likeness (QED) is 0.572. The van der Waals surface area contributed by atoms with E-state index in [0.29, 0.717) is 0 Å². The molecule has 2 aromatic rings. The maximum atomic E-state index is 5.69. The van der Waals surface area contributed by atoms with Crippen molar-refractivity contribution in [3.63, 3.8) is 0 Å². The minimum absolute atomic E-state index is 0.0943. The molecule has 1 unspecified atom stereocenters. The Balaban J connectivity index is 2.63. The summed E-state index contributed by atoms with van der Waals surface area (Å²) in [6.45, 7) is 11.0. The highest BCUT2D eigenvalue weighted by Crippen LogP contribution is 2.39. The monoisotopic (exact) mass is 384 g/mol. The van der Waals surface area contributed by atoms with Crippen LogP contribution >= 0.6 is 31.9 Å². The fraction of sp³-hybridized carbons (Fsp3) is 0.375. The topological polar surface area (TPSA) is 13.1 Å². The number of hydrogen-bond acceptors (Lipinski definition) is 1. The molecule has 2 rings (SSSR count). The molecule has 1 aromatic carbocycles. The molecule has 1 nitrogen and oxygen atoms in total. The lowest BCUT2D eigenvalue weighted by Gasteiger charge is -2.21. The van der Waals surface area contributed by atoms with Gasteiger partial charge >= 0.3 is 0 Å². The van der Waals surface area contributed by atoms with E-state index in [-0.39, 0.29) is 4.83 Å². The number of halogens is 2. The second-order valence-corrected chi connectivity index (χ2v) is 6.74. The fourth-order valence-corrected chi connectivity index (χ4v) is 3.77. The predicted octanol–water partition coefficient (Wildman–Crippen LogP) is 6.07. The summed E-state index contributed by atoms with van der Waals surface area (Å²) in [6.07, 6.45) is 0. The summed E-state index contributed by atoms with van der Waals surface area (Å²) in [6, 6.07) is 3.94. The Bertz CT molecular complexity index is 597. The van der Waals surface area contributed by atoms with Gasteiger partial charge in [0.05, 0.1) is 4.83 Å². The third-order valence-electron chi connectivity index (χ3n) is 4.16. The maximum absolute atomic E-state index is 5.69. The third-order valence-corrected chi connectivity index (χ3v) is 5.49. The van der Waals surface area contributed by atoms with Crippen molar-refractivity contribution in [1.29, 1.82) is 0 Å². The van der Waals surface area contributed by atoms with Crippen LogP contribution in [0.15, 0.2) is 21.2 Å². The normalized spacial score (nSPS) is 12.8. The Labute approximate surface area is 131 Å². The van der Waals surface area contributed by atoms with Crippen molar-refractivity contribution in [3.05, 3.63) is 55.9 Å². The highest BCUT2D eigenvalue weighted by molar-refractivity contribution is 9.10. The number of benzene rings is 1. The first-order valence-corrected chi connectivity index (χ1v) is 8.01. The van der Waals surface area contributed by atoms with Crippen LogP contribution < -0.4 is 0 Å². The van der Waals surface area contributed by atoms with Gasteiger partial charge in [-0.3, -0.25) is 0 Å². The number of alkyl halides is 1. The molecule has 0 saturated carbocycles. The van der Waals surface area contributed by atoms with Gasteiger partial charge in [0.1, 0.15) is 5.76 Å². The SMILES string of the molecule is Cc1c(C)c(C)c(C(Br)c2ccc(Br)o2)c(C)c1C. The molecule has 1 atom stereocenters. The maximum Gasteiger partial charge on any atom is 0.169 e. The van der Waals surface area contributed by atoms with E-state index in [9.17, 15) is 0 Å². The summed E-state index contributed by atoms with van der Waals surface area (Å²) in [5, 5.41) is 0. The lowest BCUT2D eigenvalue weighted by atomic mass is 9.88. The zero-order chi connectivity index (χ0) is 14.3. The Morgan fingerprint density at radius 1 is 0.842 bits per heavy atom. The molecule has 0 spiro atoms. The van der Waals surface area contributed by atoms with E-state index in [4.69, 9.17) is 4.42 Å². The number of furan rings is 1. The molecule has 19 heavy (non-hydrogen) atoms. The molecule has 0 fully saturated rings. The van der Waals surface area contributed by atoms with Gasteiger partial charge in [-0.1, -0.05) is 15.9 Å². The second-order valence-electron chi connectivity index (χ2n) is 5.04. The summed E-state index contributed by atoms with van der Waals surface area (Å²) in [4.78, 5) is 0.0943. The highest BCUT2D eigenvalue weighted by atomic mass is 79.9. The molecule has 0 bridgehead atoms. The van der Waals surface area contributed by atoms with E-state index in [1.54, 1.807) is 0 Å². The molecule has 0 saturated heterocycles. The van der Waals surface area contributed by atoms with Gasteiger partial charge in [0.15, 0.2) is 4.67 Å². The van der Waals surface area contributed by atoms with E-state index in [0.717, 1.165) is 10.4 Å². The van der Waals surface area contributed by atoms with Crippen molar-refractivity contribution in [2.24, 2.45) is 0 Å². The van der Waals surface area contributed by atoms with Crippen molar-refractivity contribution in [2.75, 3.05) is 0 Å². The van der Waals surface area contributed by atoms with Crippen molar-refractivity contribution in [2.45, 2.75) is 39.4 Å². The predicted molar refractivity (Wildman–Crippen MR) is 87.3 cm³/mol. The summed E-state index contributed by atoms with van der Waals surface area (Å²) in [7, 11) is 0. The zero-order valence-corrected chi connectivity index (χ0v) is 15.1. The lowest BCUT2D eigenvalue weighted by Crippen LogP contribution is -2.05. The fourth-order valence-electron chi connectivity index (χ4n) is 2.52. The van der Waals surface area contributed by atoms with Crippen LogP contribution in [0.25, 0.3) is 0 Å². The summed E-state index contributed by atoms with van der Waals surface area (Å²) < 4.78 is 6.46. The smallest absolute Gasteiger partial charge is 0.169 e. The molecule has 0 aliphatic rings. The van der Waals surface area contributed by atoms with Crippen molar-refractivity contribution < 1.29 is 4.42 Å². The van der Waals surface area contributed by atoms with Gasteiger partial charge in [-0.05, 0) is 96.1 Å². The minimum Gasteiger partial charge on any atom is -0.453 e. The van der Waals surface area contributed by atoms with Crippen LogP contribution in [-0.2, 0) is 0 Å². The van der Waals surface area contributed by atoms with Gasteiger partial charge in [0, 0.05) is 0 Å². The van der Waals surface area contributed by atoms with Crippen LogP contribution in [-0.4, -0.2) is 0 Å². The van der Waals surface area contributed by atoms with E-state index in [2.05, 4.69) is 66.5 Å². The Hall–Kier alpha value is -0.540. The van der Waals surface area contributed by atoms with E-state index >= 15 is 0 Å². The molecule has 0 amide bonds. The molecule has 1 heterocycles. The molecular formula is C16H18Br2O. The van der Waals surface area contributed by atoms with Crippen molar-refractivity contribution in [1.82, 2.24) is 0 Å². The largest absolute Gasteiger partial charge is 0.453 e. The van der Waals surface area contributed by atoms with Crippen LogP contribution in [0.2, 0.25) is 0 Å². The first-order valence-electron chi connectivity index (χ1n) is 6.30. The number of hydrogen-bond donors (Lipinski definition) is 0. The summed E-state index contributed by atoms with van der Waals surface area (Å²) in [5.41, 5.74) is 8.13. The van der Waals surface area contributed by atoms with Crippen LogP contribution in [0.1, 0.15) is 44.0 Å². The molecule has 0 radical (unpaired) electrons. The average Bonchev–Trinajstić information content (AvgIpc) is 2.81. The van der Waals surface area contributed by atoms with Crippen LogP contribution in [0.5, 0.6) is 0 Å². The van der Waals surface area contributed by atoms with Crippen molar-refractivity contribution in [3.8, 4) is 0 Å².